The van der Waals surface area contributed by atoms with Crippen LogP contribution in [0.3, 0.4) is 0 Å². The second kappa shape index (κ2) is 4.49. The largest absolute Gasteiger partial charge is 0.368 e. The van der Waals surface area contributed by atoms with Gasteiger partial charge in [0.15, 0.2) is 0 Å². The molecule has 0 aromatic carbocycles. The number of carbonyl (C=O) groups is 1. The van der Waals surface area contributed by atoms with Gasteiger partial charge in [0, 0.05) is 25.7 Å². The van der Waals surface area contributed by atoms with Crippen LogP contribution in [-0.4, -0.2) is 42.6 Å². The van der Waals surface area contributed by atoms with E-state index in [9.17, 15) is 4.79 Å². The third-order valence-electron chi connectivity index (χ3n) is 3.56. The Bertz CT molecular complexity index is 245. The summed E-state index contributed by atoms with van der Waals surface area (Å²) in [5, 5.41) is 0. The fraction of sp³-hybridized carbons (Fsp3) is 0.909. The molecule has 0 saturated carbocycles. The fourth-order valence-electron chi connectivity index (χ4n) is 2.55. The highest BCUT2D eigenvalue weighted by Crippen LogP contribution is 2.25. The third kappa shape index (κ3) is 2.01. The molecular formula is C11H20N2O2. The molecule has 3 atom stereocenters. The SMILES string of the molecule is CC1CCOC1C(=O)N1CCCC1CN. The van der Waals surface area contributed by atoms with E-state index in [-0.39, 0.29) is 18.1 Å². The van der Waals surface area contributed by atoms with E-state index >= 15 is 0 Å². The number of hydrogen-bond acceptors (Lipinski definition) is 3. The molecule has 2 N–H and O–H groups in total. The third-order valence-corrected chi connectivity index (χ3v) is 3.56. The number of carbonyl (C=O) groups excluding carboxylic acids is 1. The predicted octanol–water partition coefficient (Wildman–Crippen LogP) is 0.361. The highest BCUT2D eigenvalue weighted by Gasteiger charge is 2.37. The Morgan fingerprint density at radius 1 is 1.53 bits per heavy atom. The molecule has 15 heavy (non-hydrogen) atoms. The zero-order valence-corrected chi connectivity index (χ0v) is 9.32. The van der Waals surface area contributed by atoms with E-state index in [0.717, 1.165) is 32.4 Å². The van der Waals surface area contributed by atoms with Gasteiger partial charge < -0.3 is 15.4 Å². The van der Waals surface area contributed by atoms with E-state index in [0.29, 0.717) is 12.5 Å². The quantitative estimate of drug-likeness (QED) is 0.719. The molecule has 0 bridgehead atoms. The zero-order valence-electron chi connectivity index (χ0n) is 9.32. The maximum Gasteiger partial charge on any atom is 0.252 e. The maximum absolute atomic E-state index is 12.2. The summed E-state index contributed by atoms with van der Waals surface area (Å²) in [6.45, 7) is 4.24. The molecular weight excluding hydrogens is 192 g/mol. The number of nitrogens with two attached hydrogens (primary N) is 1. The van der Waals surface area contributed by atoms with E-state index in [1.807, 2.05) is 4.90 Å². The standard InChI is InChI=1S/C11H20N2O2/c1-8-4-6-15-10(8)11(14)13-5-2-3-9(13)7-12/h8-10H,2-7,12H2,1H3. The minimum atomic E-state index is -0.211. The van der Waals surface area contributed by atoms with Crippen molar-refractivity contribution in [3.63, 3.8) is 0 Å². The molecule has 0 radical (unpaired) electrons. The molecule has 2 rings (SSSR count). The number of hydrogen-bond donors (Lipinski definition) is 1. The summed E-state index contributed by atoms with van der Waals surface area (Å²) in [4.78, 5) is 14.1. The van der Waals surface area contributed by atoms with Crippen LogP contribution in [0.15, 0.2) is 0 Å². The van der Waals surface area contributed by atoms with Crippen molar-refractivity contribution in [2.45, 2.75) is 38.3 Å². The highest BCUT2D eigenvalue weighted by atomic mass is 16.5. The zero-order chi connectivity index (χ0) is 10.8. The van der Waals surface area contributed by atoms with Gasteiger partial charge in [0.05, 0.1) is 0 Å². The first kappa shape index (κ1) is 10.9. The summed E-state index contributed by atoms with van der Waals surface area (Å²) in [7, 11) is 0. The molecule has 2 aliphatic rings. The van der Waals surface area contributed by atoms with Gasteiger partial charge in [0.25, 0.3) is 5.91 Å². The lowest BCUT2D eigenvalue weighted by atomic mass is 10.0. The topological polar surface area (TPSA) is 55.6 Å². The van der Waals surface area contributed by atoms with Gasteiger partial charge in [-0.05, 0) is 25.2 Å². The van der Waals surface area contributed by atoms with Gasteiger partial charge in [-0.15, -0.1) is 0 Å². The van der Waals surface area contributed by atoms with Crippen LogP contribution in [0.2, 0.25) is 0 Å². The molecule has 1 amide bonds. The average Bonchev–Trinajstić information content (AvgIpc) is 2.84. The molecule has 2 aliphatic heterocycles. The van der Waals surface area contributed by atoms with Gasteiger partial charge >= 0.3 is 0 Å². The van der Waals surface area contributed by atoms with Crippen LogP contribution in [0.5, 0.6) is 0 Å². The molecule has 3 unspecified atom stereocenters. The first-order chi connectivity index (χ1) is 7.24. The Kier molecular flexibility index (Phi) is 3.26. The number of amides is 1. The number of ether oxygens (including phenoxy) is 1. The lowest BCUT2D eigenvalue weighted by Crippen LogP contribution is -2.46. The van der Waals surface area contributed by atoms with Gasteiger partial charge in [-0.25, -0.2) is 0 Å². The molecule has 2 heterocycles. The average molecular weight is 212 g/mol. The van der Waals surface area contributed by atoms with Gasteiger partial charge in [0.1, 0.15) is 6.10 Å². The molecule has 0 spiro atoms. The summed E-state index contributed by atoms with van der Waals surface area (Å²) >= 11 is 0. The lowest BCUT2D eigenvalue weighted by molar-refractivity contribution is -0.143. The molecule has 0 aromatic rings. The van der Waals surface area contributed by atoms with Crippen LogP contribution in [0.1, 0.15) is 26.2 Å². The first-order valence-electron chi connectivity index (χ1n) is 5.86. The van der Waals surface area contributed by atoms with Crippen molar-refractivity contribution in [3.05, 3.63) is 0 Å². The molecule has 2 fully saturated rings. The van der Waals surface area contributed by atoms with Crippen molar-refractivity contribution in [2.75, 3.05) is 19.7 Å². The second-order valence-corrected chi connectivity index (χ2v) is 4.62. The number of nitrogens with zero attached hydrogens (tertiary/aromatic N) is 1. The van der Waals surface area contributed by atoms with Crippen LogP contribution >= 0.6 is 0 Å². The van der Waals surface area contributed by atoms with E-state index in [1.54, 1.807) is 0 Å². The summed E-state index contributed by atoms with van der Waals surface area (Å²) in [6, 6.07) is 0.244. The normalized spacial score (nSPS) is 36.1. The Morgan fingerprint density at radius 3 is 2.93 bits per heavy atom. The molecule has 0 aliphatic carbocycles. The van der Waals surface area contributed by atoms with Crippen LogP contribution in [0, 0.1) is 5.92 Å². The van der Waals surface area contributed by atoms with Crippen molar-refractivity contribution in [3.8, 4) is 0 Å². The van der Waals surface area contributed by atoms with Crippen LogP contribution in [0.25, 0.3) is 0 Å². The van der Waals surface area contributed by atoms with Crippen LogP contribution in [0.4, 0.5) is 0 Å². The lowest BCUT2D eigenvalue weighted by Gasteiger charge is -2.27. The van der Waals surface area contributed by atoms with Gasteiger partial charge in [-0.3, -0.25) is 4.79 Å². The van der Waals surface area contributed by atoms with E-state index in [1.165, 1.54) is 0 Å². The summed E-state index contributed by atoms with van der Waals surface area (Å²) in [5.41, 5.74) is 5.66. The van der Waals surface area contributed by atoms with Gasteiger partial charge in [-0.2, -0.15) is 0 Å². The van der Waals surface area contributed by atoms with E-state index in [4.69, 9.17) is 10.5 Å². The summed E-state index contributed by atoms with van der Waals surface area (Å²) in [6.07, 6.45) is 2.91. The van der Waals surface area contributed by atoms with Crippen molar-refractivity contribution >= 4 is 5.91 Å². The fourth-order valence-corrected chi connectivity index (χ4v) is 2.55. The van der Waals surface area contributed by atoms with Gasteiger partial charge in [-0.1, -0.05) is 6.92 Å². The van der Waals surface area contributed by atoms with Gasteiger partial charge in [0.2, 0.25) is 0 Å². The minimum absolute atomic E-state index is 0.160. The minimum Gasteiger partial charge on any atom is -0.368 e. The second-order valence-electron chi connectivity index (χ2n) is 4.62. The molecule has 2 saturated heterocycles. The first-order valence-corrected chi connectivity index (χ1v) is 5.86. The molecule has 4 nitrogen and oxygen atoms in total. The Hall–Kier alpha value is -0.610. The van der Waals surface area contributed by atoms with E-state index < -0.39 is 0 Å². The number of likely N-dealkylation sites (tertiary alicyclic amines) is 1. The van der Waals surface area contributed by atoms with Crippen LogP contribution in [-0.2, 0) is 9.53 Å². The van der Waals surface area contributed by atoms with Crippen LogP contribution < -0.4 is 5.73 Å². The Morgan fingerprint density at radius 2 is 2.33 bits per heavy atom. The summed E-state index contributed by atoms with van der Waals surface area (Å²) < 4.78 is 5.50. The Balaban J connectivity index is 2.00. The highest BCUT2D eigenvalue weighted by molar-refractivity contribution is 5.82. The maximum atomic E-state index is 12.2. The predicted molar refractivity (Wildman–Crippen MR) is 57.3 cm³/mol. The number of rotatable bonds is 2. The molecule has 0 aromatic heterocycles. The van der Waals surface area contributed by atoms with Crippen molar-refractivity contribution in [2.24, 2.45) is 11.7 Å². The van der Waals surface area contributed by atoms with Crippen molar-refractivity contribution < 1.29 is 9.53 Å². The monoisotopic (exact) mass is 212 g/mol. The Labute approximate surface area is 90.8 Å². The summed E-state index contributed by atoms with van der Waals surface area (Å²) in [5.74, 6) is 0.518. The van der Waals surface area contributed by atoms with Crippen molar-refractivity contribution in [1.29, 1.82) is 0 Å². The van der Waals surface area contributed by atoms with E-state index in [2.05, 4.69) is 6.92 Å². The smallest absolute Gasteiger partial charge is 0.252 e. The molecule has 86 valence electrons. The van der Waals surface area contributed by atoms with Crippen molar-refractivity contribution in [1.82, 2.24) is 4.90 Å². The molecule has 4 heteroatoms.